The zero-order valence-corrected chi connectivity index (χ0v) is 31.9. The van der Waals surface area contributed by atoms with Crippen molar-refractivity contribution >= 4 is 35.5 Å². The normalized spacial score (nSPS) is 15.6. The standard InChI is InChI=1S/C21H41N3O4.C14H26N2O5.H2/c1-9-16(20(27)23-17(15(8)25)10-12(2)3)22-21(28)19(14(6)7)24-18(26)11-13(4)5;1-5-12(18)15-9(4)14(21)16-10(6-8(2)3)11(17)7-13(19)20;/h12-17,19,25H,9-11H2,1-8H3,(H,22,28)(H,23,27)(H,24,26);8-11,17H,5-7H2,1-4H3,(H,15,18)(H,16,21)(H,19,20);1H/t15-,16-,17-,19-;9-,10-,11-;/m00./s1/i;;1+2. The molecule has 0 rings (SSSR count). The molecule has 288 valence electrons. The summed E-state index contributed by atoms with van der Waals surface area (Å²) < 4.78 is 0. The van der Waals surface area contributed by atoms with Gasteiger partial charge in [-0.05, 0) is 56.8 Å². The third kappa shape index (κ3) is 22.2. The van der Waals surface area contributed by atoms with E-state index in [9.17, 15) is 39.0 Å². The zero-order valence-electron chi connectivity index (χ0n) is 31.9. The minimum absolute atomic E-state index is 0. The number of carboxylic acid groups (broad SMARTS) is 1. The van der Waals surface area contributed by atoms with Crippen LogP contribution in [-0.4, -0.2) is 93.2 Å². The molecule has 0 saturated heterocycles. The molecular formula is C35H69N5O9. The third-order valence-corrected chi connectivity index (χ3v) is 7.53. The van der Waals surface area contributed by atoms with Crippen LogP contribution in [-0.2, 0) is 28.8 Å². The van der Waals surface area contributed by atoms with Crippen LogP contribution in [0.3, 0.4) is 0 Å². The summed E-state index contributed by atoms with van der Waals surface area (Å²) in [7, 11) is 0. The Hall–Kier alpha value is -3.26. The lowest BCUT2D eigenvalue weighted by Gasteiger charge is -2.28. The molecule has 0 bridgehead atoms. The van der Waals surface area contributed by atoms with Gasteiger partial charge in [-0.2, -0.15) is 0 Å². The van der Waals surface area contributed by atoms with Crippen molar-refractivity contribution in [3.05, 3.63) is 0 Å². The zero-order chi connectivity index (χ0) is 38.6. The first-order chi connectivity index (χ1) is 22.5. The molecule has 0 aliphatic carbocycles. The average Bonchev–Trinajstić information content (AvgIpc) is 2.96. The summed E-state index contributed by atoms with van der Waals surface area (Å²) in [6, 6.07) is -3.18. The SMILES string of the molecule is CCC(=O)N[C@@H](C)C(=O)N[C@@H](CC(C)C)[C@@H](O)CC(=O)O.CC[C@H](NC(=O)[C@@H](NC(=O)CC(C)C)C(C)C)C(=O)N[C@@H](CC(C)C)[C@H](C)O.[3HH]. The Balaban J connectivity index is -0.000000901. The van der Waals surface area contributed by atoms with E-state index in [-0.39, 0.29) is 55.3 Å². The lowest BCUT2D eigenvalue weighted by atomic mass is 9.97. The van der Waals surface area contributed by atoms with Crippen LogP contribution in [0.15, 0.2) is 0 Å². The van der Waals surface area contributed by atoms with E-state index >= 15 is 0 Å². The predicted molar refractivity (Wildman–Crippen MR) is 191 cm³/mol. The van der Waals surface area contributed by atoms with Crippen LogP contribution in [0.1, 0.15) is 123 Å². The van der Waals surface area contributed by atoms with Gasteiger partial charge < -0.3 is 41.9 Å². The number of amides is 5. The van der Waals surface area contributed by atoms with E-state index in [4.69, 9.17) is 5.11 Å². The Morgan fingerprint density at radius 3 is 1.51 bits per heavy atom. The molecule has 0 unspecified atom stereocenters. The number of carboxylic acids is 1. The third-order valence-electron chi connectivity index (χ3n) is 7.53. The molecule has 0 aliphatic rings. The van der Waals surface area contributed by atoms with Gasteiger partial charge in [0.05, 0.1) is 30.7 Å². The number of aliphatic hydroxyl groups excluding tert-OH is 2. The fourth-order valence-electron chi connectivity index (χ4n) is 4.78. The molecule has 0 spiro atoms. The summed E-state index contributed by atoms with van der Waals surface area (Å²) >= 11 is 0. The van der Waals surface area contributed by atoms with Crippen molar-refractivity contribution in [1.29, 1.82) is 0 Å². The van der Waals surface area contributed by atoms with Crippen molar-refractivity contribution < 1.29 is 45.5 Å². The van der Waals surface area contributed by atoms with Crippen molar-refractivity contribution in [3.63, 3.8) is 0 Å². The first-order valence-corrected chi connectivity index (χ1v) is 17.6. The number of nitrogens with one attached hydrogen (secondary N) is 5. The van der Waals surface area contributed by atoms with Crippen molar-refractivity contribution in [2.75, 3.05) is 0 Å². The van der Waals surface area contributed by atoms with Gasteiger partial charge in [-0.3, -0.25) is 28.8 Å². The van der Waals surface area contributed by atoms with Crippen molar-refractivity contribution in [1.82, 2.24) is 26.6 Å². The second-order valence-corrected chi connectivity index (χ2v) is 14.4. The predicted octanol–water partition coefficient (Wildman–Crippen LogP) is 2.49. The minimum atomic E-state index is -1.16. The fourth-order valence-corrected chi connectivity index (χ4v) is 4.78. The van der Waals surface area contributed by atoms with Gasteiger partial charge in [0.2, 0.25) is 29.5 Å². The minimum Gasteiger partial charge on any atom is -0.481 e. The van der Waals surface area contributed by atoms with E-state index in [1.165, 1.54) is 0 Å². The highest BCUT2D eigenvalue weighted by atomic mass is 16.4. The average molecular weight is 706 g/mol. The van der Waals surface area contributed by atoms with E-state index in [0.717, 1.165) is 0 Å². The van der Waals surface area contributed by atoms with Crippen LogP contribution in [0, 0.1) is 23.7 Å². The van der Waals surface area contributed by atoms with Crippen LogP contribution >= 0.6 is 0 Å². The van der Waals surface area contributed by atoms with Gasteiger partial charge in [0.15, 0.2) is 0 Å². The molecule has 7 atom stereocenters. The maximum absolute atomic E-state index is 12.7. The van der Waals surface area contributed by atoms with Crippen LogP contribution in [0.5, 0.6) is 0 Å². The van der Waals surface area contributed by atoms with E-state index < -0.39 is 54.7 Å². The molecule has 0 radical (unpaired) electrons. The largest absolute Gasteiger partial charge is 0.481 e. The van der Waals surface area contributed by atoms with Gasteiger partial charge in [-0.1, -0.05) is 69.2 Å². The lowest BCUT2D eigenvalue weighted by Crippen LogP contribution is -2.57. The molecule has 0 aromatic rings. The highest BCUT2D eigenvalue weighted by molar-refractivity contribution is 5.92. The Bertz CT molecular complexity index is 1040. The summed E-state index contributed by atoms with van der Waals surface area (Å²) in [6.45, 7) is 22.1. The van der Waals surface area contributed by atoms with Crippen molar-refractivity contribution in [2.45, 2.75) is 164 Å². The Morgan fingerprint density at radius 1 is 0.592 bits per heavy atom. The van der Waals surface area contributed by atoms with Gasteiger partial charge in [-0.15, -0.1) is 0 Å². The quantitative estimate of drug-likeness (QED) is 0.0877. The van der Waals surface area contributed by atoms with Gasteiger partial charge in [-0.25, -0.2) is 0 Å². The molecule has 5 amide bonds. The summed E-state index contributed by atoms with van der Waals surface area (Å²) in [4.78, 5) is 71.4. The van der Waals surface area contributed by atoms with E-state index in [0.29, 0.717) is 31.6 Å². The first kappa shape index (κ1) is 47.9. The van der Waals surface area contributed by atoms with Crippen LogP contribution in [0.2, 0.25) is 0 Å². The van der Waals surface area contributed by atoms with Gasteiger partial charge in [0.1, 0.15) is 18.1 Å². The fraction of sp³-hybridized carbons (Fsp3) is 0.829. The molecule has 0 fully saturated rings. The van der Waals surface area contributed by atoms with Gasteiger partial charge in [0, 0.05) is 14.3 Å². The number of hydrogen-bond donors (Lipinski definition) is 8. The Morgan fingerprint density at radius 2 is 1.10 bits per heavy atom. The molecule has 14 heteroatoms. The van der Waals surface area contributed by atoms with Crippen LogP contribution in [0.25, 0.3) is 0 Å². The Labute approximate surface area is 295 Å². The van der Waals surface area contributed by atoms with Crippen molar-refractivity contribution in [2.24, 2.45) is 23.7 Å². The number of carbonyl (C=O) groups is 6. The van der Waals surface area contributed by atoms with E-state index in [1.54, 1.807) is 20.8 Å². The smallest absolute Gasteiger partial charge is 0.306 e. The number of rotatable bonds is 21. The molecule has 0 aromatic heterocycles. The number of carbonyl (C=O) groups excluding carboxylic acids is 5. The molecule has 0 saturated carbocycles. The number of aliphatic carboxylic acids is 1. The molecule has 0 heterocycles. The molecule has 8 N–H and O–H groups in total. The summed E-state index contributed by atoms with van der Waals surface area (Å²) in [5.41, 5.74) is 0. The number of hydrogen-bond acceptors (Lipinski definition) is 8. The van der Waals surface area contributed by atoms with Crippen molar-refractivity contribution in [3.8, 4) is 0 Å². The Kier molecular flexibility index (Phi) is 24.2. The highest BCUT2D eigenvalue weighted by Gasteiger charge is 2.30. The monoisotopic (exact) mass is 706 g/mol. The summed E-state index contributed by atoms with van der Waals surface area (Å²) in [6.07, 6.45) is -0.151. The number of aliphatic hydroxyl groups is 2. The van der Waals surface area contributed by atoms with Gasteiger partial charge in [0.25, 0.3) is 0 Å². The summed E-state index contributed by atoms with van der Waals surface area (Å²) in [5, 5.41) is 42.1. The molecule has 14 nitrogen and oxygen atoms in total. The molecule has 0 aromatic carbocycles. The topological polar surface area (TPSA) is 223 Å². The van der Waals surface area contributed by atoms with E-state index in [1.807, 2.05) is 62.3 Å². The van der Waals surface area contributed by atoms with Gasteiger partial charge >= 0.3 is 5.97 Å². The highest BCUT2D eigenvalue weighted by Crippen LogP contribution is 2.12. The second kappa shape index (κ2) is 24.8. The van der Waals surface area contributed by atoms with E-state index in [2.05, 4.69) is 26.6 Å². The molecular weight excluding hydrogens is 634 g/mol. The molecule has 49 heavy (non-hydrogen) atoms. The molecule has 0 aliphatic heterocycles. The van der Waals surface area contributed by atoms with Crippen LogP contribution in [0.4, 0.5) is 0 Å². The summed E-state index contributed by atoms with van der Waals surface area (Å²) in [5.74, 6) is -2.09. The lowest BCUT2D eigenvalue weighted by molar-refractivity contribution is -0.140. The maximum Gasteiger partial charge on any atom is 0.306 e. The maximum atomic E-state index is 12.7. The first-order valence-electron chi connectivity index (χ1n) is 17.6. The van der Waals surface area contributed by atoms with Crippen LogP contribution < -0.4 is 26.6 Å². The second-order valence-electron chi connectivity index (χ2n) is 14.4.